The highest BCUT2D eigenvalue weighted by molar-refractivity contribution is 6.28. The molecule has 0 bridgehead atoms. The maximum absolute atomic E-state index is 9.12. The minimum atomic E-state index is 0.0401. The molecular weight excluding hydrogens is 270 g/mol. The number of nitrogens with zero attached hydrogens (tertiary/aromatic N) is 7. The Morgan fingerprint density at radius 1 is 1.37 bits per heavy atom. The van der Waals surface area contributed by atoms with Crippen molar-refractivity contribution in [2.45, 2.75) is 18.9 Å². The van der Waals surface area contributed by atoms with Crippen LogP contribution in [0.1, 0.15) is 12.8 Å². The van der Waals surface area contributed by atoms with Crippen molar-refractivity contribution in [3.05, 3.63) is 17.9 Å². The van der Waals surface area contributed by atoms with Crippen molar-refractivity contribution in [3.63, 3.8) is 0 Å². The fourth-order valence-corrected chi connectivity index (χ4v) is 1.96. The molecule has 3 rings (SSSR count). The van der Waals surface area contributed by atoms with E-state index in [-0.39, 0.29) is 11.9 Å². The van der Waals surface area contributed by atoms with Gasteiger partial charge in [-0.1, -0.05) is 0 Å². The quantitative estimate of drug-likeness (QED) is 0.829. The molecule has 100 valence electrons. The smallest absolute Gasteiger partial charge is 0.258 e. The second kappa shape index (κ2) is 5.06. The van der Waals surface area contributed by atoms with Crippen molar-refractivity contribution in [1.29, 1.82) is 0 Å². The summed E-state index contributed by atoms with van der Waals surface area (Å²) in [5.41, 5.74) is 0. The first-order chi connectivity index (χ1) is 9.28. The molecule has 1 N–H and O–H groups in total. The Kier molecular flexibility index (Phi) is 3.26. The van der Waals surface area contributed by atoms with Crippen molar-refractivity contribution in [1.82, 2.24) is 29.7 Å². The van der Waals surface area contributed by atoms with Crippen LogP contribution >= 0.6 is 11.6 Å². The highest BCUT2D eigenvalue weighted by atomic mass is 35.5. The summed E-state index contributed by atoms with van der Waals surface area (Å²) < 4.78 is 1.42. The van der Waals surface area contributed by atoms with Crippen molar-refractivity contribution < 1.29 is 5.11 Å². The molecule has 0 amide bonds. The standard InChI is InChI=1S/C10H12ClN7O/c11-8-14-9(17(3-4-19)7-1-2-7)16-10(15-8)18-6-12-5-13-18/h5-7,19H,1-4H2. The first-order valence-electron chi connectivity index (χ1n) is 5.92. The van der Waals surface area contributed by atoms with Crippen LogP contribution in [0, 0.1) is 0 Å². The molecule has 0 aromatic carbocycles. The molecule has 0 saturated heterocycles. The minimum absolute atomic E-state index is 0.0401. The molecule has 9 heteroatoms. The summed E-state index contributed by atoms with van der Waals surface area (Å²) in [5, 5.41) is 13.2. The normalized spacial score (nSPS) is 14.6. The molecule has 2 aromatic rings. The van der Waals surface area contributed by atoms with E-state index in [0.29, 0.717) is 24.5 Å². The number of aliphatic hydroxyl groups excluding tert-OH is 1. The molecular formula is C10H12ClN7O. The van der Waals surface area contributed by atoms with E-state index in [9.17, 15) is 0 Å². The summed E-state index contributed by atoms with van der Waals surface area (Å²) in [6.07, 6.45) is 5.02. The Hall–Kier alpha value is -1.80. The fourth-order valence-electron chi connectivity index (χ4n) is 1.81. The largest absolute Gasteiger partial charge is 0.395 e. The van der Waals surface area contributed by atoms with E-state index in [1.807, 2.05) is 4.90 Å². The molecule has 0 aliphatic heterocycles. The molecule has 0 radical (unpaired) electrons. The average molecular weight is 282 g/mol. The number of aromatic nitrogens is 6. The highest BCUT2D eigenvalue weighted by Gasteiger charge is 2.31. The van der Waals surface area contributed by atoms with E-state index in [4.69, 9.17) is 16.7 Å². The van der Waals surface area contributed by atoms with Gasteiger partial charge in [0.25, 0.3) is 5.95 Å². The maximum Gasteiger partial charge on any atom is 0.258 e. The zero-order chi connectivity index (χ0) is 13.2. The van der Waals surface area contributed by atoms with Crippen LogP contribution < -0.4 is 4.90 Å². The highest BCUT2D eigenvalue weighted by Crippen LogP contribution is 2.29. The Morgan fingerprint density at radius 3 is 2.84 bits per heavy atom. The minimum Gasteiger partial charge on any atom is -0.395 e. The topological polar surface area (TPSA) is 92.8 Å². The molecule has 2 aromatic heterocycles. The number of rotatable bonds is 5. The van der Waals surface area contributed by atoms with Gasteiger partial charge in [0.1, 0.15) is 12.7 Å². The van der Waals surface area contributed by atoms with Gasteiger partial charge >= 0.3 is 0 Å². The van der Waals surface area contributed by atoms with Gasteiger partial charge in [0.05, 0.1) is 6.61 Å². The Balaban J connectivity index is 1.96. The predicted octanol–water partition coefficient (Wildman–Crippen LogP) is 0.0668. The van der Waals surface area contributed by atoms with E-state index >= 15 is 0 Å². The van der Waals surface area contributed by atoms with Crippen molar-refractivity contribution >= 4 is 17.5 Å². The third-order valence-corrected chi connectivity index (χ3v) is 2.96. The van der Waals surface area contributed by atoms with Crippen molar-refractivity contribution in [2.24, 2.45) is 0 Å². The molecule has 8 nitrogen and oxygen atoms in total. The summed E-state index contributed by atoms with van der Waals surface area (Å²) in [5.74, 6) is 0.776. The fraction of sp³-hybridized carbons (Fsp3) is 0.500. The molecule has 1 fully saturated rings. The second-order valence-corrected chi connectivity index (χ2v) is 4.53. The molecule has 1 aliphatic carbocycles. The SMILES string of the molecule is OCCN(c1nc(Cl)nc(-n2cncn2)n1)C1CC1. The molecule has 0 unspecified atom stereocenters. The lowest BCUT2D eigenvalue weighted by molar-refractivity contribution is 0.300. The van der Waals surface area contributed by atoms with Crippen LogP contribution in [0.4, 0.5) is 5.95 Å². The monoisotopic (exact) mass is 281 g/mol. The summed E-state index contributed by atoms with van der Waals surface area (Å²) in [4.78, 5) is 18.2. The third kappa shape index (κ3) is 2.64. The lowest BCUT2D eigenvalue weighted by atomic mass is 10.5. The van der Waals surface area contributed by atoms with Gasteiger partial charge in [0.2, 0.25) is 11.2 Å². The number of hydrogen-bond donors (Lipinski definition) is 1. The average Bonchev–Trinajstić information content (AvgIpc) is 3.08. The molecule has 1 aliphatic rings. The van der Waals surface area contributed by atoms with Crippen LogP contribution in [0.3, 0.4) is 0 Å². The van der Waals surface area contributed by atoms with Crippen LogP contribution in [-0.4, -0.2) is 54.0 Å². The van der Waals surface area contributed by atoms with Gasteiger partial charge in [-0.2, -0.15) is 24.7 Å². The predicted molar refractivity (Wildman–Crippen MR) is 67.2 cm³/mol. The van der Waals surface area contributed by atoms with E-state index in [0.717, 1.165) is 12.8 Å². The van der Waals surface area contributed by atoms with Crippen LogP contribution in [0.15, 0.2) is 12.7 Å². The molecule has 0 spiro atoms. The Morgan fingerprint density at radius 2 is 2.21 bits per heavy atom. The summed E-state index contributed by atoms with van der Waals surface area (Å²) >= 11 is 5.92. The van der Waals surface area contributed by atoms with Gasteiger partial charge in [0, 0.05) is 12.6 Å². The van der Waals surface area contributed by atoms with Gasteiger partial charge in [-0.3, -0.25) is 0 Å². The summed E-state index contributed by atoms with van der Waals surface area (Å²) in [7, 11) is 0. The number of aliphatic hydroxyl groups is 1. The zero-order valence-corrected chi connectivity index (χ0v) is 10.8. The van der Waals surface area contributed by atoms with Crippen molar-refractivity contribution in [3.8, 4) is 5.95 Å². The number of halogens is 1. The molecule has 19 heavy (non-hydrogen) atoms. The van der Waals surface area contributed by atoms with Gasteiger partial charge in [-0.05, 0) is 24.4 Å². The summed E-state index contributed by atoms with van der Waals surface area (Å²) in [6.45, 7) is 0.514. The maximum atomic E-state index is 9.12. The number of anilines is 1. The van der Waals surface area contributed by atoms with E-state index in [1.165, 1.54) is 17.3 Å². The lowest BCUT2D eigenvalue weighted by Gasteiger charge is -2.21. The first-order valence-corrected chi connectivity index (χ1v) is 6.30. The van der Waals surface area contributed by atoms with Gasteiger partial charge in [0.15, 0.2) is 0 Å². The molecule has 0 atom stereocenters. The first kappa shape index (κ1) is 12.2. The summed E-state index contributed by atoms with van der Waals surface area (Å²) in [6, 6.07) is 0.370. The van der Waals surface area contributed by atoms with Gasteiger partial charge in [-0.15, -0.1) is 0 Å². The van der Waals surface area contributed by atoms with E-state index < -0.39 is 0 Å². The van der Waals surface area contributed by atoms with Gasteiger partial charge in [-0.25, -0.2) is 4.98 Å². The Labute approximate surface area is 114 Å². The molecule has 1 saturated carbocycles. The number of hydrogen-bond acceptors (Lipinski definition) is 7. The van der Waals surface area contributed by atoms with Crippen LogP contribution in [0.25, 0.3) is 5.95 Å². The Bertz CT molecular complexity index is 557. The van der Waals surface area contributed by atoms with Crippen LogP contribution in [0.5, 0.6) is 0 Å². The van der Waals surface area contributed by atoms with Crippen LogP contribution in [-0.2, 0) is 0 Å². The van der Waals surface area contributed by atoms with Crippen molar-refractivity contribution in [2.75, 3.05) is 18.1 Å². The second-order valence-electron chi connectivity index (χ2n) is 4.19. The molecule has 2 heterocycles. The van der Waals surface area contributed by atoms with E-state index in [2.05, 4.69) is 25.0 Å². The van der Waals surface area contributed by atoms with E-state index in [1.54, 1.807) is 0 Å². The van der Waals surface area contributed by atoms with Gasteiger partial charge < -0.3 is 10.0 Å². The lowest BCUT2D eigenvalue weighted by Crippen LogP contribution is -2.31. The zero-order valence-electron chi connectivity index (χ0n) is 10.0. The third-order valence-electron chi connectivity index (χ3n) is 2.79. The van der Waals surface area contributed by atoms with Crippen LogP contribution in [0.2, 0.25) is 5.28 Å².